The van der Waals surface area contributed by atoms with E-state index in [1.54, 1.807) is 13.8 Å². The van der Waals surface area contributed by atoms with Crippen LogP contribution in [0.5, 0.6) is 0 Å². The summed E-state index contributed by atoms with van der Waals surface area (Å²) in [4.78, 5) is 0.0539. The summed E-state index contributed by atoms with van der Waals surface area (Å²) in [6.45, 7) is 2.86. The third-order valence-electron chi connectivity index (χ3n) is 2.10. The van der Waals surface area contributed by atoms with E-state index >= 15 is 0 Å². The van der Waals surface area contributed by atoms with Gasteiger partial charge in [-0.3, -0.25) is 0 Å². The normalized spacial score (nSPS) is 12.7. The number of hydrogen-bond donors (Lipinski definition) is 3. The number of sulfonamides is 1. The first kappa shape index (κ1) is 15.9. The average Bonchev–Trinajstić information content (AvgIpc) is 2.13. The second-order valence-corrected chi connectivity index (χ2v) is 7.79. The highest BCUT2D eigenvalue weighted by Gasteiger charge is 2.28. The van der Waals surface area contributed by atoms with Crippen molar-refractivity contribution in [2.45, 2.75) is 24.3 Å². The fourth-order valence-corrected chi connectivity index (χ4v) is 5.31. The van der Waals surface area contributed by atoms with Crippen LogP contribution in [-0.4, -0.2) is 25.7 Å². The van der Waals surface area contributed by atoms with Crippen molar-refractivity contribution in [2.24, 2.45) is 0 Å². The molecular weight excluding hydrogens is 388 g/mol. The number of nitrogens with two attached hydrogens (primary N) is 1. The lowest BCUT2D eigenvalue weighted by molar-refractivity contribution is 0.208. The number of anilines is 1. The summed E-state index contributed by atoms with van der Waals surface area (Å²) < 4.78 is 27.6. The molecular formula is C10H14Br2N2O3S. The standard InChI is InChI=1S/C10H14Br2N2O3S/c1-10(2,5-15)14-18(16,17)9-7(11)3-6(13)4-8(9)12/h3-4,14-15H,5,13H2,1-2H3. The van der Waals surface area contributed by atoms with E-state index < -0.39 is 15.6 Å². The fourth-order valence-electron chi connectivity index (χ4n) is 1.28. The van der Waals surface area contributed by atoms with Crippen LogP contribution >= 0.6 is 31.9 Å². The Labute approximate surface area is 123 Å². The summed E-state index contributed by atoms with van der Waals surface area (Å²) in [6, 6.07) is 3.01. The molecule has 0 radical (unpaired) electrons. The molecule has 0 aliphatic carbocycles. The topological polar surface area (TPSA) is 92.4 Å². The zero-order chi connectivity index (χ0) is 14.1. The molecule has 4 N–H and O–H groups in total. The molecule has 1 aromatic rings. The number of hydrogen-bond acceptors (Lipinski definition) is 4. The van der Waals surface area contributed by atoms with Crippen LogP contribution in [0, 0.1) is 0 Å². The quantitative estimate of drug-likeness (QED) is 0.671. The minimum Gasteiger partial charge on any atom is -0.399 e. The molecule has 0 unspecified atom stereocenters. The first-order chi connectivity index (χ1) is 8.09. The highest BCUT2D eigenvalue weighted by molar-refractivity contribution is 9.11. The summed E-state index contributed by atoms with van der Waals surface area (Å²) in [6.07, 6.45) is 0. The SMILES string of the molecule is CC(C)(CO)NS(=O)(=O)c1c(Br)cc(N)cc1Br. The molecule has 0 aliphatic heterocycles. The molecule has 0 heterocycles. The van der Waals surface area contributed by atoms with Crippen LogP contribution in [0.4, 0.5) is 5.69 Å². The number of halogens is 2. The maximum absolute atomic E-state index is 12.2. The molecule has 0 saturated heterocycles. The van der Waals surface area contributed by atoms with E-state index in [1.807, 2.05) is 0 Å². The number of aliphatic hydroxyl groups excluding tert-OH is 1. The Balaban J connectivity index is 3.30. The first-order valence-corrected chi connectivity index (χ1v) is 8.05. The second kappa shape index (κ2) is 5.46. The van der Waals surface area contributed by atoms with Crippen molar-refractivity contribution in [1.29, 1.82) is 0 Å². The highest BCUT2D eigenvalue weighted by Crippen LogP contribution is 2.32. The third-order valence-corrected chi connectivity index (χ3v) is 5.67. The molecule has 0 aromatic heterocycles. The van der Waals surface area contributed by atoms with E-state index in [-0.39, 0.29) is 11.5 Å². The molecule has 0 aliphatic rings. The molecule has 1 rings (SSSR count). The van der Waals surface area contributed by atoms with Crippen LogP contribution in [0.15, 0.2) is 26.0 Å². The molecule has 1 aromatic carbocycles. The average molecular weight is 402 g/mol. The number of nitrogen functional groups attached to an aromatic ring is 1. The zero-order valence-electron chi connectivity index (χ0n) is 9.87. The molecule has 0 bridgehead atoms. The molecule has 102 valence electrons. The molecule has 0 saturated carbocycles. The van der Waals surface area contributed by atoms with Gasteiger partial charge in [-0.05, 0) is 57.8 Å². The molecule has 8 heteroatoms. The van der Waals surface area contributed by atoms with Gasteiger partial charge in [0.15, 0.2) is 0 Å². The first-order valence-electron chi connectivity index (χ1n) is 4.98. The Morgan fingerprint density at radius 3 is 2.17 bits per heavy atom. The molecule has 18 heavy (non-hydrogen) atoms. The predicted octanol–water partition coefficient (Wildman–Crippen LogP) is 1.84. The van der Waals surface area contributed by atoms with Gasteiger partial charge in [0.25, 0.3) is 0 Å². The highest BCUT2D eigenvalue weighted by atomic mass is 79.9. The lowest BCUT2D eigenvalue weighted by Crippen LogP contribution is -2.46. The van der Waals surface area contributed by atoms with Crippen molar-refractivity contribution < 1.29 is 13.5 Å². The largest absolute Gasteiger partial charge is 0.399 e. The lowest BCUT2D eigenvalue weighted by Gasteiger charge is -2.24. The predicted molar refractivity (Wildman–Crippen MR) is 77.7 cm³/mol. The van der Waals surface area contributed by atoms with Gasteiger partial charge in [0, 0.05) is 14.6 Å². The summed E-state index contributed by atoms with van der Waals surface area (Å²) in [5.74, 6) is 0. The maximum atomic E-state index is 12.2. The summed E-state index contributed by atoms with van der Waals surface area (Å²) in [7, 11) is -3.77. The van der Waals surface area contributed by atoms with Crippen LogP contribution in [0.2, 0.25) is 0 Å². The molecule has 0 atom stereocenters. The summed E-state index contributed by atoms with van der Waals surface area (Å²) in [5, 5.41) is 9.12. The third kappa shape index (κ3) is 3.67. The Morgan fingerprint density at radius 1 is 1.33 bits per heavy atom. The molecule has 0 spiro atoms. The second-order valence-electron chi connectivity index (χ2n) is 4.46. The van der Waals surface area contributed by atoms with E-state index in [9.17, 15) is 8.42 Å². The monoisotopic (exact) mass is 400 g/mol. The smallest absolute Gasteiger partial charge is 0.243 e. The molecule has 5 nitrogen and oxygen atoms in total. The van der Waals surface area contributed by atoms with Crippen LogP contribution in [0.3, 0.4) is 0 Å². The van der Waals surface area contributed by atoms with E-state index in [0.29, 0.717) is 14.6 Å². The van der Waals surface area contributed by atoms with Crippen LogP contribution in [0.1, 0.15) is 13.8 Å². The van der Waals surface area contributed by atoms with Gasteiger partial charge >= 0.3 is 0 Å². The van der Waals surface area contributed by atoms with Gasteiger partial charge in [-0.1, -0.05) is 0 Å². The molecule has 0 fully saturated rings. The van der Waals surface area contributed by atoms with Crippen molar-refractivity contribution >= 4 is 47.6 Å². The number of nitrogens with one attached hydrogen (secondary N) is 1. The van der Waals surface area contributed by atoms with E-state index in [2.05, 4.69) is 36.6 Å². The van der Waals surface area contributed by atoms with Crippen LogP contribution < -0.4 is 10.5 Å². The van der Waals surface area contributed by atoms with Crippen molar-refractivity contribution in [2.75, 3.05) is 12.3 Å². The Kier molecular flexibility index (Phi) is 4.82. The number of aliphatic hydroxyl groups is 1. The summed E-state index contributed by atoms with van der Waals surface area (Å²) in [5.41, 5.74) is 5.10. The van der Waals surface area contributed by atoms with Crippen molar-refractivity contribution in [3.8, 4) is 0 Å². The van der Waals surface area contributed by atoms with E-state index in [1.165, 1.54) is 12.1 Å². The van der Waals surface area contributed by atoms with Crippen molar-refractivity contribution in [3.63, 3.8) is 0 Å². The van der Waals surface area contributed by atoms with Crippen molar-refractivity contribution in [3.05, 3.63) is 21.1 Å². The van der Waals surface area contributed by atoms with Gasteiger partial charge in [-0.25, -0.2) is 13.1 Å². The number of benzene rings is 1. The van der Waals surface area contributed by atoms with Gasteiger partial charge in [-0.15, -0.1) is 0 Å². The van der Waals surface area contributed by atoms with Gasteiger partial charge in [0.2, 0.25) is 10.0 Å². The minimum absolute atomic E-state index is 0.0539. The fraction of sp³-hybridized carbons (Fsp3) is 0.400. The van der Waals surface area contributed by atoms with Gasteiger partial charge < -0.3 is 10.8 Å². The van der Waals surface area contributed by atoms with Crippen molar-refractivity contribution in [1.82, 2.24) is 4.72 Å². The summed E-state index contributed by atoms with van der Waals surface area (Å²) >= 11 is 6.34. The maximum Gasteiger partial charge on any atom is 0.243 e. The van der Waals surface area contributed by atoms with Crippen LogP contribution in [-0.2, 0) is 10.0 Å². The van der Waals surface area contributed by atoms with Gasteiger partial charge in [0.05, 0.1) is 12.1 Å². The lowest BCUT2D eigenvalue weighted by atomic mass is 10.1. The van der Waals surface area contributed by atoms with Crippen LogP contribution in [0.25, 0.3) is 0 Å². The van der Waals surface area contributed by atoms with Gasteiger partial charge in [-0.2, -0.15) is 0 Å². The zero-order valence-corrected chi connectivity index (χ0v) is 13.9. The minimum atomic E-state index is -3.77. The van der Waals surface area contributed by atoms with E-state index in [4.69, 9.17) is 10.8 Å². The Bertz CT molecular complexity index is 535. The Hall–Kier alpha value is -0.150. The molecule has 0 amide bonds. The van der Waals surface area contributed by atoms with E-state index in [0.717, 1.165) is 0 Å². The number of rotatable bonds is 4. The Morgan fingerprint density at radius 2 is 1.78 bits per heavy atom. The van der Waals surface area contributed by atoms with Gasteiger partial charge in [0.1, 0.15) is 4.90 Å².